The highest BCUT2D eigenvalue weighted by atomic mass is 19.2. The molecule has 0 atom stereocenters. The Hall–Kier alpha value is -2.03. The molecule has 0 spiro atoms. The van der Waals surface area contributed by atoms with Gasteiger partial charge in [-0.2, -0.15) is 0 Å². The number of aryl methyl sites for hydroxylation is 2. The van der Waals surface area contributed by atoms with Crippen LogP contribution in [0.25, 0.3) is 17.2 Å². The molecule has 2 aromatic rings. The van der Waals surface area contributed by atoms with Gasteiger partial charge in [-0.1, -0.05) is 44.1 Å². The zero-order chi connectivity index (χ0) is 18.0. The Kier molecular flexibility index (Phi) is 5.31. The second-order valence-electron chi connectivity index (χ2n) is 6.69. The van der Waals surface area contributed by atoms with E-state index in [9.17, 15) is 13.2 Å². The summed E-state index contributed by atoms with van der Waals surface area (Å²) in [7, 11) is 0. The zero-order valence-electron chi connectivity index (χ0n) is 14.8. The summed E-state index contributed by atoms with van der Waals surface area (Å²) in [6.45, 7) is 3.92. The molecule has 0 radical (unpaired) electrons. The maximum Gasteiger partial charge on any atom is 0.167 e. The Balaban J connectivity index is 2.01. The molecular weight excluding hydrogens is 321 g/mol. The number of hydrogen-bond acceptors (Lipinski definition) is 0. The molecule has 2 aromatic carbocycles. The molecule has 3 rings (SSSR count). The summed E-state index contributed by atoms with van der Waals surface area (Å²) in [6.07, 6.45) is 7.53. The topological polar surface area (TPSA) is 0 Å². The molecule has 1 aliphatic rings. The van der Waals surface area contributed by atoms with Crippen molar-refractivity contribution in [1.82, 2.24) is 0 Å². The van der Waals surface area contributed by atoms with Crippen molar-refractivity contribution in [3.05, 3.63) is 64.0 Å². The van der Waals surface area contributed by atoms with Gasteiger partial charge in [-0.25, -0.2) is 13.2 Å². The van der Waals surface area contributed by atoms with E-state index in [1.807, 2.05) is 0 Å². The lowest BCUT2D eigenvalue weighted by Gasteiger charge is -2.18. The third kappa shape index (κ3) is 3.51. The van der Waals surface area contributed by atoms with Crippen LogP contribution in [0.15, 0.2) is 29.8 Å². The van der Waals surface area contributed by atoms with Gasteiger partial charge in [0, 0.05) is 11.1 Å². The lowest BCUT2D eigenvalue weighted by Crippen LogP contribution is -2.03. The van der Waals surface area contributed by atoms with Crippen molar-refractivity contribution in [3.63, 3.8) is 0 Å². The fraction of sp³-hybridized carbons (Fsp3) is 0.364. The van der Waals surface area contributed by atoms with E-state index in [0.717, 1.165) is 43.2 Å². The average Bonchev–Trinajstić information content (AvgIpc) is 2.62. The molecule has 132 valence electrons. The van der Waals surface area contributed by atoms with E-state index in [4.69, 9.17) is 0 Å². The van der Waals surface area contributed by atoms with Crippen molar-refractivity contribution in [2.75, 3.05) is 0 Å². The normalized spacial score (nSPS) is 13.6. The summed E-state index contributed by atoms with van der Waals surface area (Å²) in [5, 5.41) is 0. The Bertz CT molecular complexity index is 819. The Labute approximate surface area is 147 Å². The summed E-state index contributed by atoms with van der Waals surface area (Å²) in [5.41, 5.74) is 3.65. The summed E-state index contributed by atoms with van der Waals surface area (Å²) in [5.74, 6) is -2.35. The van der Waals surface area contributed by atoms with Gasteiger partial charge in [0.25, 0.3) is 0 Å². The van der Waals surface area contributed by atoms with Gasteiger partial charge in [-0.3, -0.25) is 0 Å². The fourth-order valence-corrected chi connectivity index (χ4v) is 3.45. The Morgan fingerprint density at radius 1 is 0.920 bits per heavy atom. The number of benzene rings is 2. The van der Waals surface area contributed by atoms with Crippen molar-refractivity contribution in [2.45, 2.75) is 52.4 Å². The van der Waals surface area contributed by atoms with Crippen molar-refractivity contribution < 1.29 is 13.2 Å². The van der Waals surface area contributed by atoms with Crippen LogP contribution in [0.2, 0.25) is 0 Å². The minimum atomic E-state index is -0.965. The molecule has 0 amide bonds. The molecule has 0 unspecified atom stereocenters. The molecule has 0 nitrogen and oxygen atoms in total. The van der Waals surface area contributed by atoms with E-state index in [1.165, 1.54) is 23.8 Å². The van der Waals surface area contributed by atoms with Crippen LogP contribution in [0.1, 0.15) is 56.2 Å². The molecule has 0 N–H and O–H groups in total. The summed E-state index contributed by atoms with van der Waals surface area (Å²) in [4.78, 5) is 0. The molecule has 0 saturated heterocycles. The SMILES string of the molecule is CCCCC1=Cc2cc(F)c(-c3ccc(CC)c(F)c3F)cc2CC1. The maximum absolute atomic E-state index is 14.6. The predicted octanol–water partition coefficient (Wildman–Crippen LogP) is 6.85. The molecule has 3 heteroatoms. The second kappa shape index (κ2) is 7.47. The van der Waals surface area contributed by atoms with Crippen LogP contribution in [0.4, 0.5) is 13.2 Å². The monoisotopic (exact) mass is 344 g/mol. The van der Waals surface area contributed by atoms with Crippen molar-refractivity contribution >= 4 is 6.08 Å². The first-order valence-corrected chi connectivity index (χ1v) is 9.04. The number of allylic oxidation sites excluding steroid dienone is 1. The summed E-state index contributed by atoms with van der Waals surface area (Å²) >= 11 is 0. The first-order chi connectivity index (χ1) is 12.0. The smallest absolute Gasteiger partial charge is 0.167 e. The van der Waals surface area contributed by atoms with Gasteiger partial charge in [0.2, 0.25) is 0 Å². The Morgan fingerprint density at radius 2 is 1.72 bits per heavy atom. The van der Waals surface area contributed by atoms with Crippen LogP contribution < -0.4 is 0 Å². The van der Waals surface area contributed by atoms with E-state index in [0.29, 0.717) is 12.0 Å². The van der Waals surface area contributed by atoms with Gasteiger partial charge in [0.1, 0.15) is 5.82 Å². The molecular formula is C22H23F3. The van der Waals surface area contributed by atoms with Gasteiger partial charge in [-0.05, 0) is 60.9 Å². The number of rotatable bonds is 5. The molecule has 0 aliphatic heterocycles. The molecule has 25 heavy (non-hydrogen) atoms. The lowest BCUT2D eigenvalue weighted by molar-refractivity contribution is 0.501. The molecule has 0 bridgehead atoms. The molecule has 0 saturated carbocycles. The lowest BCUT2D eigenvalue weighted by atomic mass is 9.87. The minimum Gasteiger partial charge on any atom is -0.206 e. The quantitative estimate of drug-likeness (QED) is 0.556. The van der Waals surface area contributed by atoms with Crippen LogP contribution in [-0.2, 0) is 12.8 Å². The highest BCUT2D eigenvalue weighted by Gasteiger charge is 2.19. The summed E-state index contributed by atoms with van der Waals surface area (Å²) in [6, 6.07) is 6.16. The molecule has 0 heterocycles. The van der Waals surface area contributed by atoms with Gasteiger partial charge in [-0.15, -0.1) is 0 Å². The van der Waals surface area contributed by atoms with Crippen LogP contribution in [0, 0.1) is 17.5 Å². The largest absolute Gasteiger partial charge is 0.206 e. The Morgan fingerprint density at radius 3 is 2.44 bits per heavy atom. The van der Waals surface area contributed by atoms with Gasteiger partial charge in [0.05, 0.1) is 0 Å². The third-order valence-electron chi connectivity index (χ3n) is 4.99. The van der Waals surface area contributed by atoms with Gasteiger partial charge >= 0.3 is 0 Å². The van der Waals surface area contributed by atoms with E-state index < -0.39 is 17.5 Å². The number of fused-ring (bicyclic) bond motifs is 1. The molecule has 1 aliphatic carbocycles. The first-order valence-electron chi connectivity index (χ1n) is 9.04. The third-order valence-corrected chi connectivity index (χ3v) is 4.99. The highest BCUT2D eigenvalue weighted by Crippen LogP contribution is 2.34. The minimum absolute atomic E-state index is 0.00393. The van der Waals surface area contributed by atoms with Crippen LogP contribution in [0.3, 0.4) is 0 Å². The van der Waals surface area contributed by atoms with Gasteiger partial charge < -0.3 is 0 Å². The zero-order valence-corrected chi connectivity index (χ0v) is 14.8. The first kappa shape index (κ1) is 17.8. The van der Waals surface area contributed by atoms with Crippen LogP contribution in [0.5, 0.6) is 0 Å². The van der Waals surface area contributed by atoms with E-state index in [1.54, 1.807) is 13.0 Å². The van der Waals surface area contributed by atoms with Gasteiger partial charge in [0.15, 0.2) is 11.6 Å². The van der Waals surface area contributed by atoms with Crippen molar-refractivity contribution in [2.24, 2.45) is 0 Å². The highest BCUT2D eigenvalue weighted by molar-refractivity contribution is 5.71. The number of unbranched alkanes of at least 4 members (excludes halogenated alkanes) is 1. The van der Waals surface area contributed by atoms with Crippen molar-refractivity contribution in [3.8, 4) is 11.1 Å². The molecule has 0 fully saturated rings. The van der Waals surface area contributed by atoms with E-state index in [2.05, 4.69) is 13.0 Å². The fourth-order valence-electron chi connectivity index (χ4n) is 3.45. The van der Waals surface area contributed by atoms with Crippen LogP contribution >= 0.6 is 0 Å². The van der Waals surface area contributed by atoms with E-state index in [-0.39, 0.29) is 11.1 Å². The number of halogens is 3. The summed E-state index contributed by atoms with van der Waals surface area (Å²) < 4.78 is 43.1. The molecule has 0 aromatic heterocycles. The maximum atomic E-state index is 14.6. The van der Waals surface area contributed by atoms with Crippen LogP contribution in [-0.4, -0.2) is 0 Å². The van der Waals surface area contributed by atoms with Crippen molar-refractivity contribution in [1.29, 1.82) is 0 Å². The van der Waals surface area contributed by atoms with E-state index >= 15 is 0 Å². The predicted molar refractivity (Wildman–Crippen MR) is 97.0 cm³/mol. The number of hydrogen-bond donors (Lipinski definition) is 0. The standard InChI is InChI=1S/C22H23F3/c1-3-5-6-14-7-8-16-12-19(20(23)13-17(16)11-14)18-10-9-15(4-2)21(24)22(18)25/h9-13H,3-8H2,1-2H3. The second-order valence-corrected chi connectivity index (χ2v) is 6.69. The average molecular weight is 344 g/mol.